The molecular weight excluding hydrogens is 252 g/mol. The van der Waals surface area contributed by atoms with Crippen molar-refractivity contribution in [2.45, 2.75) is 51.9 Å². The van der Waals surface area contributed by atoms with E-state index in [0.717, 1.165) is 45.6 Å². The molecule has 0 aliphatic carbocycles. The third kappa shape index (κ3) is 4.45. The molecule has 0 aromatic rings. The fourth-order valence-electron chi connectivity index (χ4n) is 3.35. The van der Waals surface area contributed by atoms with Crippen LogP contribution in [0.15, 0.2) is 0 Å². The van der Waals surface area contributed by atoms with Gasteiger partial charge in [-0.2, -0.15) is 0 Å². The molecule has 2 heterocycles. The fourth-order valence-corrected chi connectivity index (χ4v) is 3.35. The lowest BCUT2D eigenvalue weighted by Crippen LogP contribution is -2.47. The summed E-state index contributed by atoms with van der Waals surface area (Å²) in [5.74, 6) is 0.283. The van der Waals surface area contributed by atoms with Crippen molar-refractivity contribution >= 4 is 5.91 Å². The molecule has 1 N–H and O–H groups in total. The zero-order chi connectivity index (χ0) is 14.3. The van der Waals surface area contributed by atoms with Crippen molar-refractivity contribution in [3.05, 3.63) is 0 Å². The summed E-state index contributed by atoms with van der Waals surface area (Å²) < 4.78 is 5.49. The molecule has 0 unspecified atom stereocenters. The Labute approximate surface area is 123 Å². The van der Waals surface area contributed by atoms with Crippen molar-refractivity contribution in [1.82, 2.24) is 10.2 Å². The zero-order valence-electron chi connectivity index (χ0n) is 13.0. The van der Waals surface area contributed by atoms with Crippen LogP contribution < -0.4 is 5.32 Å². The first-order valence-corrected chi connectivity index (χ1v) is 8.32. The summed E-state index contributed by atoms with van der Waals surface area (Å²) in [6.45, 7) is 7.74. The number of ether oxygens (including phenoxy) is 1. The van der Waals surface area contributed by atoms with Gasteiger partial charge in [-0.05, 0) is 50.6 Å². The Kier molecular flexibility index (Phi) is 6.30. The van der Waals surface area contributed by atoms with Crippen LogP contribution in [0.25, 0.3) is 0 Å². The highest BCUT2D eigenvalue weighted by atomic mass is 16.5. The van der Waals surface area contributed by atoms with E-state index in [1.165, 1.54) is 25.7 Å². The summed E-state index contributed by atoms with van der Waals surface area (Å²) >= 11 is 0. The average Bonchev–Trinajstić information content (AvgIpc) is 2.48. The number of hydrogen-bond acceptors (Lipinski definition) is 3. The molecule has 116 valence electrons. The van der Waals surface area contributed by atoms with Gasteiger partial charge in [0.25, 0.3) is 0 Å². The number of carbonyl (C=O) groups excluding carboxylic acids is 1. The maximum Gasteiger partial charge on any atom is 0.224 e. The van der Waals surface area contributed by atoms with E-state index in [9.17, 15) is 4.79 Å². The van der Waals surface area contributed by atoms with Gasteiger partial charge in [0.2, 0.25) is 5.91 Å². The normalized spacial score (nSPS) is 22.1. The average molecular weight is 282 g/mol. The predicted octanol–water partition coefficient (Wildman–Crippen LogP) is 2.19. The van der Waals surface area contributed by atoms with E-state index in [1.54, 1.807) is 0 Å². The lowest BCUT2D eigenvalue weighted by Gasteiger charge is -2.44. The van der Waals surface area contributed by atoms with Crippen molar-refractivity contribution < 1.29 is 9.53 Å². The maximum atomic E-state index is 12.1. The molecular formula is C16H30N2O2. The molecule has 0 bridgehead atoms. The van der Waals surface area contributed by atoms with Crippen LogP contribution in [0.5, 0.6) is 0 Å². The topological polar surface area (TPSA) is 41.6 Å². The number of amides is 1. The van der Waals surface area contributed by atoms with E-state index in [0.29, 0.717) is 18.4 Å². The van der Waals surface area contributed by atoms with Crippen LogP contribution >= 0.6 is 0 Å². The molecule has 1 amide bonds. The summed E-state index contributed by atoms with van der Waals surface area (Å²) in [6.07, 6.45) is 7.75. The third-order valence-corrected chi connectivity index (χ3v) is 4.94. The molecule has 4 heteroatoms. The van der Waals surface area contributed by atoms with Gasteiger partial charge < -0.3 is 15.0 Å². The van der Waals surface area contributed by atoms with E-state index in [2.05, 4.69) is 17.1 Å². The highest BCUT2D eigenvalue weighted by molar-refractivity contribution is 5.76. The first kappa shape index (κ1) is 15.8. The second-order valence-corrected chi connectivity index (χ2v) is 6.35. The highest BCUT2D eigenvalue weighted by Crippen LogP contribution is 2.39. The van der Waals surface area contributed by atoms with E-state index in [1.807, 2.05) is 0 Å². The van der Waals surface area contributed by atoms with Crippen LogP contribution in [0, 0.1) is 5.41 Å². The van der Waals surface area contributed by atoms with Crippen LogP contribution in [0.1, 0.15) is 51.9 Å². The molecule has 0 aromatic carbocycles. The SMILES string of the molecule is CCCCOCCC(=O)N1CCC2(CCNCC2)CC1. The molecule has 1 spiro atoms. The van der Waals surface area contributed by atoms with E-state index in [-0.39, 0.29) is 5.91 Å². The number of nitrogens with one attached hydrogen (secondary N) is 1. The molecule has 2 saturated heterocycles. The molecule has 20 heavy (non-hydrogen) atoms. The van der Waals surface area contributed by atoms with Crippen LogP contribution in [0.3, 0.4) is 0 Å². The van der Waals surface area contributed by atoms with Gasteiger partial charge in [-0.3, -0.25) is 4.79 Å². The largest absolute Gasteiger partial charge is 0.381 e. The number of unbranched alkanes of at least 4 members (excludes halogenated alkanes) is 1. The Morgan fingerprint density at radius 1 is 1.15 bits per heavy atom. The van der Waals surface area contributed by atoms with Crippen molar-refractivity contribution in [3.63, 3.8) is 0 Å². The lowest BCUT2D eigenvalue weighted by atomic mass is 9.71. The van der Waals surface area contributed by atoms with Gasteiger partial charge in [-0.15, -0.1) is 0 Å². The van der Waals surface area contributed by atoms with Crippen molar-refractivity contribution in [3.8, 4) is 0 Å². The standard InChI is InChI=1S/C16H30N2O2/c1-2-3-13-20-14-4-15(19)18-11-7-16(8-12-18)5-9-17-10-6-16/h17H,2-14H2,1H3. The number of nitrogens with zero attached hydrogens (tertiary/aromatic N) is 1. The van der Waals surface area contributed by atoms with Gasteiger partial charge in [0.1, 0.15) is 0 Å². The van der Waals surface area contributed by atoms with Gasteiger partial charge in [0, 0.05) is 19.7 Å². The minimum Gasteiger partial charge on any atom is -0.381 e. The molecule has 2 aliphatic heterocycles. The summed E-state index contributed by atoms with van der Waals surface area (Å²) in [4.78, 5) is 14.2. The van der Waals surface area contributed by atoms with Crippen molar-refractivity contribution in [2.75, 3.05) is 39.4 Å². The van der Waals surface area contributed by atoms with E-state index >= 15 is 0 Å². The molecule has 4 nitrogen and oxygen atoms in total. The molecule has 2 aliphatic rings. The van der Waals surface area contributed by atoms with Gasteiger partial charge in [0.15, 0.2) is 0 Å². The zero-order valence-corrected chi connectivity index (χ0v) is 13.0. The summed E-state index contributed by atoms with van der Waals surface area (Å²) in [5.41, 5.74) is 0.527. The molecule has 2 fully saturated rings. The second-order valence-electron chi connectivity index (χ2n) is 6.35. The molecule has 0 saturated carbocycles. The van der Waals surface area contributed by atoms with E-state index in [4.69, 9.17) is 4.74 Å². The Morgan fingerprint density at radius 3 is 2.50 bits per heavy atom. The van der Waals surface area contributed by atoms with Gasteiger partial charge in [-0.1, -0.05) is 13.3 Å². The first-order valence-electron chi connectivity index (χ1n) is 8.32. The highest BCUT2D eigenvalue weighted by Gasteiger charge is 2.36. The summed E-state index contributed by atoms with van der Waals surface area (Å²) in [6, 6.07) is 0. The number of hydrogen-bond donors (Lipinski definition) is 1. The van der Waals surface area contributed by atoms with Gasteiger partial charge >= 0.3 is 0 Å². The molecule has 2 rings (SSSR count). The van der Waals surface area contributed by atoms with Crippen LogP contribution in [0.4, 0.5) is 0 Å². The number of rotatable bonds is 6. The second kappa shape index (κ2) is 7.99. The van der Waals surface area contributed by atoms with E-state index < -0.39 is 0 Å². The van der Waals surface area contributed by atoms with Crippen LogP contribution in [-0.4, -0.2) is 50.2 Å². The monoisotopic (exact) mass is 282 g/mol. The number of carbonyl (C=O) groups is 1. The minimum atomic E-state index is 0.283. The summed E-state index contributed by atoms with van der Waals surface area (Å²) in [7, 11) is 0. The Balaban J connectivity index is 1.64. The fraction of sp³-hybridized carbons (Fsp3) is 0.938. The molecule has 0 atom stereocenters. The Bertz CT molecular complexity index is 291. The van der Waals surface area contributed by atoms with Gasteiger partial charge in [-0.25, -0.2) is 0 Å². The molecule has 0 aromatic heterocycles. The number of piperidine rings is 2. The third-order valence-electron chi connectivity index (χ3n) is 4.94. The van der Waals surface area contributed by atoms with Crippen LogP contribution in [0.2, 0.25) is 0 Å². The summed E-state index contributed by atoms with van der Waals surface area (Å²) in [5, 5.41) is 3.44. The maximum absolute atomic E-state index is 12.1. The lowest BCUT2D eigenvalue weighted by molar-refractivity contribution is -0.135. The Morgan fingerprint density at radius 2 is 1.85 bits per heavy atom. The van der Waals surface area contributed by atoms with Gasteiger partial charge in [0.05, 0.1) is 13.0 Å². The van der Waals surface area contributed by atoms with Crippen molar-refractivity contribution in [2.24, 2.45) is 5.41 Å². The van der Waals surface area contributed by atoms with Crippen LogP contribution in [-0.2, 0) is 9.53 Å². The molecule has 0 radical (unpaired) electrons. The number of likely N-dealkylation sites (tertiary alicyclic amines) is 1. The predicted molar refractivity (Wildman–Crippen MR) is 80.7 cm³/mol. The quantitative estimate of drug-likeness (QED) is 0.759. The Hall–Kier alpha value is -0.610. The minimum absolute atomic E-state index is 0.283. The van der Waals surface area contributed by atoms with Crippen molar-refractivity contribution in [1.29, 1.82) is 0 Å². The first-order chi connectivity index (χ1) is 9.76. The smallest absolute Gasteiger partial charge is 0.224 e.